The van der Waals surface area contributed by atoms with E-state index in [1.54, 1.807) is 18.4 Å². The van der Waals surface area contributed by atoms with Gasteiger partial charge in [-0.15, -0.1) is 0 Å². The molecule has 0 bridgehead atoms. The van der Waals surface area contributed by atoms with E-state index in [2.05, 4.69) is 10.1 Å². The zero-order valence-corrected chi connectivity index (χ0v) is 12.4. The third-order valence-electron chi connectivity index (χ3n) is 2.86. The summed E-state index contributed by atoms with van der Waals surface area (Å²) in [5.41, 5.74) is 2.02. The Bertz CT molecular complexity index is 806. The smallest absolute Gasteiger partial charge is 0.246 e. The quantitative estimate of drug-likeness (QED) is 0.548. The number of amides is 1. The van der Waals surface area contributed by atoms with E-state index in [9.17, 15) is 4.79 Å². The highest BCUT2D eigenvalue weighted by atomic mass is 32.1. The van der Waals surface area contributed by atoms with Crippen molar-refractivity contribution >= 4 is 38.8 Å². The SMILES string of the molecule is CC(=O)N(/N=C\c1ccco1)c1nc2ccc(C)cc2s1. The first-order valence-electron chi connectivity index (χ1n) is 6.39. The maximum atomic E-state index is 11.8. The second kappa shape index (κ2) is 5.49. The summed E-state index contributed by atoms with van der Waals surface area (Å²) in [5.74, 6) is 0.381. The molecule has 1 amide bonds. The number of hydrogen-bond acceptors (Lipinski definition) is 5. The average molecular weight is 299 g/mol. The van der Waals surface area contributed by atoms with Gasteiger partial charge in [0.1, 0.15) is 5.76 Å². The van der Waals surface area contributed by atoms with E-state index in [4.69, 9.17) is 4.42 Å². The number of hydrazone groups is 1. The summed E-state index contributed by atoms with van der Waals surface area (Å²) in [7, 11) is 0. The van der Waals surface area contributed by atoms with Gasteiger partial charge in [0.15, 0.2) is 0 Å². The molecule has 6 heteroatoms. The molecule has 0 unspecified atom stereocenters. The molecule has 0 N–H and O–H groups in total. The van der Waals surface area contributed by atoms with E-state index in [0.717, 1.165) is 15.8 Å². The van der Waals surface area contributed by atoms with Crippen LogP contribution in [0.1, 0.15) is 18.2 Å². The van der Waals surface area contributed by atoms with Crippen molar-refractivity contribution in [3.05, 3.63) is 47.9 Å². The molecule has 2 aromatic heterocycles. The standard InChI is InChI=1S/C15H13N3O2S/c1-10-5-6-13-14(8-10)21-15(17-13)18(11(2)19)16-9-12-4-3-7-20-12/h3-9H,1-2H3/b16-9-. The Labute approximate surface area is 125 Å². The fraction of sp³-hybridized carbons (Fsp3) is 0.133. The molecule has 5 nitrogen and oxygen atoms in total. The van der Waals surface area contributed by atoms with Gasteiger partial charge >= 0.3 is 0 Å². The van der Waals surface area contributed by atoms with Gasteiger partial charge in [0, 0.05) is 6.92 Å². The number of nitrogens with zero attached hydrogens (tertiary/aromatic N) is 3. The van der Waals surface area contributed by atoms with Crippen molar-refractivity contribution in [2.75, 3.05) is 5.01 Å². The number of rotatable bonds is 3. The maximum absolute atomic E-state index is 11.8. The highest BCUT2D eigenvalue weighted by molar-refractivity contribution is 7.22. The molecule has 0 radical (unpaired) electrons. The van der Waals surface area contributed by atoms with Gasteiger partial charge in [-0.1, -0.05) is 17.4 Å². The monoisotopic (exact) mass is 299 g/mol. The first-order chi connectivity index (χ1) is 10.1. The number of furan rings is 1. The summed E-state index contributed by atoms with van der Waals surface area (Å²) < 4.78 is 6.20. The Morgan fingerprint density at radius 1 is 1.43 bits per heavy atom. The zero-order chi connectivity index (χ0) is 14.8. The molecular weight excluding hydrogens is 286 g/mol. The maximum Gasteiger partial charge on any atom is 0.246 e. The molecule has 21 heavy (non-hydrogen) atoms. The number of benzene rings is 1. The van der Waals surface area contributed by atoms with Gasteiger partial charge in [-0.3, -0.25) is 4.79 Å². The molecule has 3 aromatic rings. The number of aromatic nitrogens is 1. The molecule has 3 rings (SSSR count). The number of thiazole rings is 1. The number of hydrogen-bond donors (Lipinski definition) is 0. The first-order valence-corrected chi connectivity index (χ1v) is 7.20. The number of anilines is 1. The number of carbonyl (C=O) groups is 1. The molecule has 0 aliphatic heterocycles. The van der Waals surface area contributed by atoms with Crippen molar-refractivity contribution in [3.8, 4) is 0 Å². The Morgan fingerprint density at radius 2 is 2.29 bits per heavy atom. The fourth-order valence-corrected chi connectivity index (χ4v) is 2.92. The number of fused-ring (bicyclic) bond motifs is 1. The van der Waals surface area contributed by atoms with Crippen LogP contribution in [0.3, 0.4) is 0 Å². The average Bonchev–Trinajstić information content (AvgIpc) is 3.07. The second-order valence-electron chi connectivity index (χ2n) is 4.56. The minimum atomic E-state index is -0.200. The summed E-state index contributed by atoms with van der Waals surface area (Å²) in [4.78, 5) is 16.3. The van der Waals surface area contributed by atoms with E-state index in [1.165, 1.54) is 29.5 Å². The van der Waals surface area contributed by atoms with Crippen LogP contribution in [0.5, 0.6) is 0 Å². The predicted molar refractivity (Wildman–Crippen MR) is 83.8 cm³/mol. The normalized spacial score (nSPS) is 11.3. The van der Waals surface area contributed by atoms with Crippen molar-refractivity contribution in [2.45, 2.75) is 13.8 Å². The summed E-state index contributed by atoms with van der Waals surface area (Å²) in [6, 6.07) is 9.52. The number of carbonyl (C=O) groups excluding carboxylic acids is 1. The van der Waals surface area contributed by atoms with Crippen LogP contribution >= 0.6 is 11.3 Å². The minimum Gasteiger partial charge on any atom is -0.463 e. The largest absolute Gasteiger partial charge is 0.463 e. The molecule has 0 aliphatic carbocycles. The lowest BCUT2D eigenvalue weighted by atomic mass is 10.2. The zero-order valence-electron chi connectivity index (χ0n) is 11.6. The lowest BCUT2D eigenvalue weighted by Crippen LogP contribution is -2.22. The second-order valence-corrected chi connectivity index (χ2v) is 5.57. The third kappa shape index (κ3) is 2.85. The van der Waals surface area contributed by atoms with Crippen LogP contribution in [0.2, 0.25) is 0 Å². The predicted octanol–water partition coefficient (Wildman–Crippen LogP) is 3.58. The highest BCUT2D eigenvalue weighted by Crippen LogP contribution is 2.29. The molecule has 1 aromatic carbocycles. The summed E-state index contributed by atoms with van der Waals surface area (Å²) in [5, 5.41) is 5.99. The van der Waals surface area contributed by atoms with Gasteiger partial charge in [-0.25, -0.2) is 4.98 Å². The molecule has 0 spiro atoms. The van der Waals surface area contributed by atoms with Crippen molar-refractivity contribution in [1.29, 1.82) is 0 Å². The van der Waals surface area contributed by atoms with Gasteiger partial charge in [-0.05, 0) is 36.8 Å². The van der Waals surface area contributed by atoms with Crippen LogP contribution in [0.4, 0.5) is 5.13 Å². The topological polar surface area (TPSA) is 58.7 Å². The van der Waals surface area contributed by atoms with Crippen molar-refractivity contribution in [3.63, 3.8) is 0 Å². The van der Waals surface area contributed by atoms with E-state index < -0.39 is 0 Å². The molecule has 0 fully saturated rings. The van der Waals surface area contributed by atoms with Crippen LogP contribution in [-0.4, -0.2) is 17.1 Å². The summed E-state index contributed by atoms with van der Waals surface area (Å²) in [6.07, 6.45) is 3.05. The molecule has 0 saturated heterocycles. The Balaban J connectivity index is 1.97. The first kappa shape index (κ1) is 13.5. The van der Waals surface area contributed by atoms with Crippen molar-refractivity contribution in [1.82, 2.24) is 4.98 Å². The molecule has 0 atom stereocenters. The number of aryl methyl sites for hydroxylation is 1. The fourth-order valence-electron chi connectivity index (χ4n) is 1.86. The molecule has 106 valence electrons. The van der Waals surface area contributed by atoms with Gasteiger partial charge in [-0.2, -0.15) is 10.1 Å². The van der Waals surface area contributed by atoms with E-state index in [1.807, 2.05) is 25.1 Å². The van der Waals surface area contributed by atoms with Gasteiger partial charge in [0.05, 0.1) is 22.7 Å². The Morgan fingerprint density at radius 3 is 3.00 bits per heavy atom. The van der Waals surface area contributed by atoms with Crippen molar-refractivity contribution < 1.29 is 9.21 Å². The minimum absolute atomic E-state index is 0.200. The van der Waals surface area contributed by atoms with Crippen molar-refractivity contribution in [2.24, 2.45) is 5.10 Å². The molecule has 2 heterocycles. The van der Waals surface area contributed by atoms with Crippen LogP contribution in [0.15, 0.2) is 46.1 Å². The van der Waals surface area contributed by atoms with Crippen LogP contribution in [-0.2, 0) is 4.79 Å². The molecule has 0 saturated carbocycles. The van der Waals surface area contributed by atoms with Gasteiger partial charge in [0.25, 0.3) is 0 Å². The van der Waals surface area contributed by atoms with Crippen LogP contribution < -0.4 is 5.01 Å². The molecular formula is C15H13N3O2S. The lowest BCUT2D eigenvalue weighted by molar-refractivity contribution is -0.116. The highest BCUT2D eigenvalue weighted by Gasteiger charge is 2.15. The Kier molecular flexibility index (Phi) is 3.53. The van der Waals surface area contributed by atoms with E-state index >= 15 is 0 Å². The van der Waals surface area contributed by atoms with E-state index in [-0.39, 0.29) is 5.91 Å². The van der Waals surface area contributed by atoms with Crippen LogP contribution in [0, 0.1) is 6.92 Å². The van der Waals surface area contributed by atoms with Gasteiger partial charge in [0.2, 0.25) is 11.0 Å². The van der Waals surface area contributed by atoms with Crippen LogP contribution in [0.25, 0.3) is 10.2 Å². The summed E-state index contributed by atoms with van der Waals surface area (Å²) in [6.45, 7) is 3.48. The Hall–Kier alpha value is -2.47. The molecule has 0 aliphatic rings. The van der Waals surface area contributed by atoms with E-state index in [0.29, 0.717) is 10.9 Å². The lowest BCUT2D eigenvalue weighted by Gasteiger charge is -2.09. The van der Waals surface area contributed by atoms with Gasteiger partial charge < -0.3 is 4.42 Å². The third-order valence-corrected chi connectivity index (χ3v) is 3.85. The summed E-state index contributed by atoms with van der Waals surface area (Å²) >= 11 is 1.43.